The fourth-order valence-electron chi connectivity index (χ4n) is 2.27. The molecule has 0 bridgehead atoms. The fraction of sp³-hybridized carbons (Fsp3) is 0.500. The minimum absolute atomic E-state index is 0.101. The van der Waals surface area contributed by atoms with E-state index in [0.717, 1.165) is 25.6 Å². The number of hydrogen-bond acceptors (Lipinski definition) is 2. The van der Waals surface area contributed by atoms with E-state index in [1.165, 1.54) is 18.6 Å². The van der Waals surface area contributed by atoms with E-state index in [2.05, 4.69) is 11.8 Å². The molecule has 0 N–H and O–H groups in total. The van der Waals surface area contributed by atoms with E-state index < -0.39 is 0 Å². The van der Waals surface area contributed by atoms with E-state index >= 15 is 0 Å². The lowest BCUT2D eigenvalue weighted by Crippen LogP contribution is -2.23. The molecule has 92 valence electrons. The van der Waals surface area contributed by atoms with Gasteiger partial charge in [-0.25, -0.2) is 4.39 Å². The molecule has 0 radical (unpaired) electrons. The van der Waals surface area contributed by atoms with Gasteiger partial charge in [0.25, 0.3) is 0 Å². The Labute approximate surface area is 101 Å². The topological polar surface area (TPSA) is 20.3 Å². The van der Waals surface area contributed by atoms with Gasteiger partial charge < -0.3 is 4.90 Å². The Balaban J connectivity index is 1.83. The third-order valence-electron chi connectivity index (χ3n) is 3.33. The van der Waals surface area contributed by atoms with Crippen LogP contribution in [0.5, 0.6) is 0 Å². The maximum absolute atomic E-state index is 12.7. The Hall–Kier alpha value is -1.22. The van der Waals surface area contributed by atoms with Crippen molar-refractivity contribution in [2.24, 2.45) is 5.92 Å². The van der Waals surface area contributed by atoms with Crippen molar-refractivity contribution in [2.45, 2.75) is 19.8 Å². The molecule has 1 unspecified atom stereocenters. The maximum atomic E-state index is 12.7. The van der Waals surface area contributed by atoms with Crippen molar-refractivity contribution in [3.63, 3.8) is 0 Å². The summed E-state index contributed by atoms with van der Waals surface area (Å²) in [6, 6.07) is 5.80. The number of likely N-dealkylation sites (tertiary alicyclic amines) is 1. The molecule has 0 saturated carbocycles. The van der Waals surface area contributed by atoms with Crippen LogP contribution in [0.4, 0.5) is 4.39 Å². The monoisotopic (exact) mass is 235 g/mol. The van der Waals surface area contributed by atoms with Gasteiger partial charge in [0.05, 0.1) is 0 Å². The highest BCUT2D eigenvalue weighted by Gasteiger charge is 2.19. The SMILES string of the molecule is CC1CCN(CCC(=O)c2ccc(F)cc2)C1. The molecule has 1 aromatic rings. The molecule has 17 heavy (non-hydrogen) atoms. The first-order chi connectivity index (χ1) is 8.15. The third-order valence-corrected chi connectivity index (χ3v) is 3.33. The molecule has 0 amide bonds. The summed E-state index contributed by atoms with van der Waals surface area (Å²) in [6.45, 7) is 5.25. The summed E-state index contributed by atoms with van der Waals surface area (Å²) in [4.78, 5) is 14.2. The van der Waals surface area contributed by atoms with Crippen molar-refractivity contribution in [3.05, 3.63) is 35.6 Å². The summed E-state index contributed by atoms with van der Waals surface area (Å²) in [7, 11) is 0. The van der Waals surface area contributed by atoms with E-state index in [9.17, 15) is 9.18 Å². The molecule has 0 spiro atoms. The molecule has 1 fully saturated rings. The normalized spacial score (nSPS) is 20.7. The molecular formula is C14H18FNO. The fourth-order valence-corrected chi connectivity index (χ4v) is 2.27. The number of halogens is 1. The molecule has 1 aliphatic rings. The van der Waals surface area contributed by atoms with E-state index in [1.54, 1.807) is 12.1 Å². The Morgan fingerprint density at radius 2 is 2.12 bits per heavy atom. The largest absolute Gasteiger partial charge is 0.303 e. The number of Topliss-reactive ketones (excluding diaryl/α,β-unsaturated/α-hetero) is 1. The Kier molecular flexibility index (Phi) is 3.89. The highest BCUT2D eigenvalue weighted by Crippen LogP contribution is 2.15. The van der Waals surface area contributed by atoms with Gasteiger partial charge >= 0.3 is 0 Å². The van der Waals surface area contributed by atoms with Crippen molar-refractivity contribution in [1.82, 2.24) is 4.90 Å². The number of nitrogens with zero attached hydrogens (tertiary/aromatic N) is 1. The zero-order valence-electron chi connectivity index (χ0n) is 10.2. The van der Waals surface area contributed by atoms with Gasteiger partial charge in [-0.1, -0.05) is 6.92 Å². The molecule has 1 heterocycles. The van der Waals surface area contributed by atoms with Crippen LogP contribution in [0, 0.1) is 11.7 Å². The minimum Gasteiger partial charge on any atom is -0.303 e. The van der Waals surface area contributed by atoms with Crippen molar-refractivity contribution in [1.29, 1.82) is 0 Å². The first-order valence-electron chi connectivity index (χ1n) is 6.16. The van der Waals surface area contributed by atoms with Gasteiger partial charge in [0.1, 0.15) is 5.82 Å². The van der Waals surface area contributed by atoms with Crippen molar-refractivity contribution in [3.8, 4) is 0 Å². The number of ketones is 1. The number of benzene rings is 1. The Morgan fingerprint density at radius 1 is 1.41 bits per heavy atom. The highest BCUT2D eigenvalue weighted by molar-refractivity contribution is 5.96. The molecule has 1 aromatic carbocycles. The van der Waals surface area contributed by atoms with Crippen LogP contribution in [0.25, 0.3) is 0 Å². The lowest BCUT2D eigenvalue weighted by atomic mass is 10.1. The maximum Gasteiger partial charge on any atom is 0.164 e. The summed E-state index contributed by atoms with van der Waals surface area (Å²) < 4.78 is 12.7. The molecule has 2 nitrogen and oxygen atoms in total. The van der Waals surface area contributed by atoms with E-state index in [1.807, 2.05) is 0 Å². The van der Waals surface area contributed by atoms with Crippen molar-refractivity contribution in [2.75, 3.05) is 19.6 Å². The van der Waals surface area contributed by atoms with E-state index in [4.69, 9.17) is 0 Å². The second-order valence-corrected chi connectivity index (χ2v) is 4.87. The lowest BCUT2D eigenvalue weighted by molar-refractivity contribution is 0.0968. The van der Waals surface area contributed by atoms with Crippen LogP contribution in [0.2, 0.25) is 0 Å². The summed E-state index contributed by atoms with van der Waals surface area (Å²) in [5.74, 6) is 0.551. The van der Waals surface area contributed by atoms with E-state index in [0.29, 0.717) is 12.0 Å². The molecule has 2 rings (SSSR count). The van der Waals surface area contributed by atoms with Crippen molar-refractivity contribution >= 4 is 5.78 Å². The lowest BCUT2D eigenvalue weighted by Gasteiger charge is -2.14. The van der Waals surface area contributed by atoms with Gasteiger partial charge in [-0.3, -0.25) is 4.79 Å². The molecule has 3 heteroatoms. The Bertz CT molecular complexity index is 388. The molecule has 0 aliphatic carbocycles. The average molecular weight is 235 g/mol. The number of carbonyl (C=O) groups excluding carboxylic acids is 1. The second-order valence-electron chi connectivity index (χ2n) is 4.87. The van der Waals surface area contributed by atoms with Crippen LogP contribution in [0.3, 0.4) is 0 Å². The van der Waals surface area contributed by atoms with Crippen LogP contribution < -0.4 is 0 Å². The number of hydrogen-bond donors (Lipinski definition) is 0. The zero-order chi connectivity index (χ0) is 12.3. The summed E-state index contributed by atoms with van der Waals surface area (Å²) >= 11 is 0. The molecular weight excluding hydrogens is 217 g/mol. The average Bonchev–Trinajstić information content (AvgIpc) is 2.73. The standard InChI is InChI=1S/C14H18FNO/c1-11-6-8-16(10-11)9-7-14(17)12-2-4-13(15)5-3-12/h2-5,11H,6-10H2,1H3. The molecule has 0 aromatic heterocycles. The predicted octanol–water partition coefficient (Wildman–Crippen LogP) is 2.74. The first-order valence-corrected chi connectivity index (χ1v) is 6.16. The summed E-state index contributed by atoms with van der Waals surface area (Å²) in [5.41, 5.74) is 0.610. The minimum atomic E-state index is -0.296. The number of rotatable bonds is 4. The van der Waals surface area contributed by atoms with Gasteiger partial charge in [0.15, 0.2) is 5.78 Å². The van der Waals surface area contributed by atoms with Gasteiger partial charge in [0.2, 0.25) is 0 Å². The molecule has 1 saturated heterocycles. The smallest absolute Gasteiger partial charge is 0.164 e. The van der Waals surface area contributed by atoms with Crippen LogP contribution >= 0.6 is 0 Å². The highest BCUT2D eigenvalue weighted by atomic mass is 19.1. The quantitative estimate of drug-likeness (QED) is 0.748. The number of carbonyl (C=O) groups is 1. The predicted molar refractivity (Wildman–Crippen MR) is 65.6 cm³/mol. The van der Waals surface area contributed by atoms with Crippen molar-refractivity contribution < 1.29 is 9.18 Å². The molecule has 1 aliphatic heterocycles. The first kappa shape index (κ1) is 12.2. The van der Waals surface area contributed by atoms with Crippen LogP contribution in [0.15, 0.2) is 24.3 Å². The molecule has 1 atom stereocenters. The van der Waals surface area contributed by atoms with E-state index in [-0.39, 0.29) is 11.6 Å². The van der Waals surface area contributed by atoms with Gasteiger partial charge in [-0.05, 0) is 43.1 Å². The van der Waals surface area contributed by atoms with Crippen LogP contribution in [-0.4, -0.2) is 30.3 Å². The summed E-state index contributed by atoms with van der Waals surface area (Å²) in [6.07, 6.45) is 1.75. The second kappa shape index (κ2) is 5.41. The van der Waals surface area contributed by atoms with Gasteiger partial charge in [0, 0.05) is 25.1 Å². The third kappa shape index (κ3) is 3.37. The van der Waals surface area contributed by atoms with Gasteiger partial charge in [-0.15, -0.1) is 0 Å². The zero-order valence-corrected chi connectivity index (χ0v) is 10.2. The Morgan fingerprint density at radius 3 is 2.71 bits per heavy atom. The van der Waals surface area contributed by atoms with Gasteiger partial charge in [-0.2, -0.15) is 0 Å². The van der Waals surface area contributed by atoms with Crippen LogP contribution in [0.1, 0.15) is 30.1 Å². The summed E-state index contributed by atoms with van der Waals surface area (Å²) in [5, 5.41) is 0. The van der Waals surface area contributed by atoms with Crippen LogP contribution in [-0.2, 0) is 0 Å².